The molecule has 3 aromatic carbocycles. The van der Waals surface area contributed by atoms with E-state index in [1.165, 1.54) is 0 Å². The number of fused-ring (bicyclic) bond motifs is 3. The van der Waals surface area contributed by atoms with E-state index in [4.69, 9.17) is 21.6 Å². The van der Waals surface area contributed by atoms with Gasteiger partial charge in [-0.3, -0.25) is 4.79 Å². The lowest BCUT2D eigenvalue weighted by atomic mass is 10.1. The van der Waals surface area contributed by atoms with Crippen LogP contribution in [0.4, 0.5) is 5.69 Å². The van der Waals surface area contributed by atoms with E-state index >= 15 is 0 Å². The standard InChI is InChI=1S/C24H23N3O2S/c1-2-3-4-12-21(28)26-24(30)25-18-10-7-9-17(15-18)23-27-22-19-11-6-5-8-16(19)13-14-20(22)29-23/h5-11,13-15H,2-4,12H2,1H3,(H2,25,26,28,30). The van der Waals surface area contributed by atoms with Crippen LogP contribution in [0.15, 0.2) is 65.1 Å². The number of nitrogens with zero attached hydrogens (tertiary/aromatic N) is 1. The van der Waals surface area contributed by atoms with E-state index in [9.17, 15) is 4.79 Å². The molecule has 152 valence electrons. The predicted octanol–water partition coefficient (Wildman–Crippen LogP) is 6.04. The van der Waals surface area contributed by atoms with E-state index in [0.29, 0.717) is 12.3 Å². The third-order valence-electron chi connectivity index (χ3n) is 4.91. The van der Waals surface area contributed by atoms with Gasteiger partial charge in [-0.05, 0) is 48.3 Å². The average molecular weight is 418 g/mol. The van der Waals surface area contributed by atoms with Crippen LogP contribution in [0, 0.1) is 0 Å². The minimum atomic E-state index is -0.0667. The Kier molecular flexibility index (Phi) is 6.05. The molecule has 6 heteroatoms. The SMILES string of the molecule is CCCCCC(=O)NC(=S)Nc1cccc(-c2nc3c(ccc4ccccc43)o2)c1. The lowest BCUT2D eigenvalue weighted by molar-refractivity contribution is -0.119. The highest BCUT2D eigenvalue weighted by Crippen LogP contribution is 2.30. The van der Waals surface area contributed by atoms with Crippen molar-refractivity contribution in [3.63, 3.8) is 0 Å². The van der Waals surface area contributed by atoms with Crippen LogP contribution in [0.25, 0.3) is 33.3 Å². The van der Waals surface area contributed by atoms with Gasteiger partial charge in [0.15, 0.2) is 10.7 Å². The van der Waals surface area contributed by atoms with Crippen molar-refractivity contribution in [2.75, 3.05) is 5.32 Å². The molecule has 0 saturated carbocycles. The van der Waals surface area contributed by atoms with Gasteiger partial charge in [-0.2, -0.15) is 0 Å². The zero-order chi connectivity index (χ0) is 20.9. The second-order valence-corrected chi connectivity index (χ2v) is 7.60. The van der Waals surface area contributed by atoms with Crippen molar-refractivity contribution in [3.8, 4) is 11.5 Å². The highest BCUT2D eigenvalue weighted by molar-refractivity contribution is 7.80. The van der Waals surface area contributed by atoms with Crippen LogP contribution in [-0.4, -0.2) is 16.0 Å². The molecule has 0 fully saturated rings. The number of unbranched alkanes of at least 4 members (excludes halogenated alkanes) is 2. The van der Waals surface area contributed by atoms with Gasteiger partial charge >= 0.3 is 0 Å². The van der Waals surface area contributed by atoms with Gasteiger partial charge in [0.05, 0.1) is 0 Å². The summed E-state index contributed by atoms with van der Waals surface area (Å²) < 4.78 is 6.00. The third-order valence-corrected chi connectivity index (χ3v) is 5.12. The summed E-state index contributed by atoms with van der Waals surface area (Å²) in [6, 6.07) is 19.7. The average Bonchev–Trinajstić information content (AvgIpc) is 3.19. The molecule has 1 amide bonds. The molecule has 0 radical (unpaired) electrons. The number of hydrogen-bond donors (Lipinski definition) is 2. The molecule has 4 rings (SSSR count). The molecular formula is C24H23N3O2S. The largest absolute Gasteiger partial charge is 0.436 e. The monoisotopic (exact) mass is 417 g/mol. The Morgan fingerprint density at radius 1 is 1.07 bits per heavy atom. The smallest absolute Gasteiger partial charge is 0.227 e. The van der Waals surface area contributed by atoms with Crippen molar-refractivity contribution < 1.29 is 9.21 Å². The topological polar surface area (TPSA) is 67.2 Å². The van der Waals surface area contributed by atoms with Gasteiger partial charge in [0.2, 0.25) is 11.8 Å². The van der Waals surface area contributed by atoms with Gasteiger partial charge in [0.25, 0.3) is 0 Å². The van der Waals surface area contributed by atoms with Crippen molar-refractivity contribution in [1.29, 1.82) is 0 Å². The molecule has 0 aliphatic carbocycles. The molecule has 0 aliphatic rings. The fourth-order valence-electron chi connectivity index (χ4n) is 3.40. The lowest BCUT2D eigenvalue weighted by Gasteiger charge is -2.10. The number of carbonyl (C=O) groups excluding carboxylic acids is 1. The van der Waals surface area contributed by atoms with E-state index in [1.807, 2.05) is 54.6 Å². The number of rotatable bonds is 6. The van der Waals surface area contributed by atoms with E-state index < -0.39 is 0 Å². The summed E-state index contributed by atoms with van der Waals surface area (Å²) in [6.45, 7) is 2.11. The van der Waals surface area contributed by atoms with Crippen molar-refractivity contribution >= 4 is 50.8 Å². The molecule has 0 unspecified atom stereocenters. The number of benzene rings is 3. The Morgan fingerprint density at radius 2 is 1.93 bits per heavy atom. The maximum atomic E-state index is 11.9. The van der Waals surface area contributed by atoms with Gasteiger partial charge in [0.1, 0.15) is 5.52 Å². The van der Waals surface area contributed by atoms with E-state index in [0.717, 1.165) is 52.4 Å². The first kappa shape index (κ1) is 20.0. The fourth-order valence-corrected chi connectivity index (χ4v) is 3.63. The van der Waals surface area contributed by atoms with Gasteiger partial charge in [-0.15, -0.1) is 0 Å². The molecule has 0 bridgehead atoms. The van der Waals surface area contributed by atoms with Gasteiger partial charge in [-0.1, -0.05) is 56.2 Å². The third kappa shape index (κ3) is 4.49. The van der Waals surface area contributed by atoms with Crippen molar-refractivity contribution in [1.82, 2.24) is 10.3 Å². The number of hydrogen-bond acceptors (Lipinski definition) is 4. The molecule has 0 saturated heterocycles. The second kappa shape index (κ2) is 9.05. The predicted molar refractivity (Wildman–Crippen MR) is 125 cm³/mol. The summed E-state index contributed by atoms with van der Waals surface area (Å²) in [4.78, 5) is 16.7. The maximum Gasteiger partial charge on any atom is 0.227 e. The minimum Gasteiger partial charge on any atom is -0.436 e. The molecule has 2 N–H and O–H groups in total. The number of oxazole rings is 1. The zero-order valence-electron chi connectivity index (χ0n) is 16.8. The van der Waals surface area contributed by atoms with E-state index in [-0.39, 0.29) is 11.0 Å². The molecule has 1 heterocycles. The first-order valence-electron chi connectivity index (χ1n) is 10.1. The van der Waals surface area contributed by atoms with Gasteiger partial charge in [0, 0.05) is 23.1 Å². The van der Waals surface area contributed by atoms with Crippen LogP contribution < -0.4 is 10.6 Å². The number of aromatic nitrogens is 1. The maximum absolute atomic E-state index is 11.9. The molecule has 0 atom stereocenters. The summed E-state index contributed by atoms with van der Waals surface area (Å²) in [6.07, 6.45) is 3.46. The molecule has 0 aliphatic heterocycles. The highest BCUT2D eigenvalue weighted by Gasteiger charge is 2.12. The van der Waals surface area contributed by atoms with Crippen LogP contribution in [0.5, 0.6) is 0 Å². The Bertz CT molecular complexity index is 1220. The normalized spacial score (nSPS) is 11.0. The highest BCUT2D eigenvalue weighted by atomic mass is 32.1. The number of anilines is 1. The van der Waals surface area contributed by atoms with E-state index in [2.05, 4.69) is 23.6 Å². The van der Waals surface area contributed by atoms with Crippen LogP contribution >= 0.6 is 12.2 Å². The molecule has 4 aromatic rings. The Morgan fingerprint density at radius 3 is 2.80 bits per heavy atom. The molecular weight excluding hydrogens is 394 g/mol. The minimum absolute atomic E-state index is 0.0667. The number of amides is 1. The Hall–Kier alpha value is -3.25. The van der Waals surface area contributed by atoms with Crippen LogP contribution in [0.2, 0.25) is 0 Å². The van der Waals surface area contributed by atoms with Crippen LogP contribution in [0.3, 0.4) is 0 Å². The van der Waals surface area contributed by atoms with Crippen molar-refractivity contribution in [3.05, 3.63) is 60.7 Å². The zero-order valence-corrected chi connectivity index (χ0v) is 17.6. The quantitative estimate of drug-likeness (QED) is 0.296. The van der Waals surface area contributed by atoms with Gasteiger partial charge < -0.3 is 15.1 Å². The summed E-state index contributed by atoms with van der Waals surface area (Å²) in [7, 11) is 0. The number of carbonyl (C=O) groups is 1. The molecule has 5 nitrogen and oxygen atoms in total. The number of thiocarbonyl (C=S) groups is 1. The van der Waals surface area contributed by atoms with E-state index in [1.54, 1.807) is 0 Å². The molecule has 1 aromatic heterocycles. The lowest BCUT2D eigenvalue weighted by Crippen LogP contribution is -2.33. The first-order valence-corrected chi connectivity index (χ1v) is 10.5. The summed E-state index contributed by atoms with van der Waals surface area (Å²) in [5, 5.41) is 8.27. The summed E-state index contributed by atoms with van der Waals surface area (Å²) >= 11 is 5.27. The number of nitrogens with one attached hydrogen (secondary N) is 2. The fraction of sp³-hybridized carbons (Fsp3) is 0.208. The Labute approximate surface area is 180 Å². The summed E-state index contributed by atoms with van der Waals surface area (Å²) in [5.41, 5.74) is 3.18. The van der Waals surface area contributed by atoms with Crippen LogP contribution in [-0.2, 0) is 4.79 Å². The summed E-state index contributed by atoms with van der Waals surface area (Å²) in [5.74, 6) is 0.474. The van der Waals surface area contributed by atoms with Gasteiger partial charge in [-0.25, -0.2) is 4.98 Å². The molecule has 0 spiro atoms. The molecule has 30 heavy (non-hydrogen) atoms. The van der Waals surface area contributed by atoms with Crippen molar-refractivity contribution in [2.45, 2.75) is 32.6 Å². The van der Waals surface area contributed by atoms with Crippen LogP contribution in [0.1, 0.15) is 32.6 Å². The second-order valence-electron chi connectivity index (χ2n) is 7.19. The van der Waals surface area contributed by atoms with Crippen molar-refractivity contribution in [2.24, 2.45) is 0 Å². The first-order chi connectivity index (χ1) is 14.6. The Balaban J connectivity index is 1.51.